The highest BCUT2D eigenvalue weighted by molar-refractivity contribution is 7.98. The second kappa shape index (κ2) is 6.66. The zero-order valence-electron chi connectivity index (χ0n) is 10.6. The van der Waals surface area contributed by atoms with E-state index >= 15 is 0 Å². The van der Waals surface area contributed by atoms with Gasteiger partial charge in [0.1, 0.15) is 5.76 Å². The fraction of sp³-hybridized carbons (Fsp3) is 0.333. The van der Waals surface area contributed by atoms with Gasteiger partial charge in [-0.05, 0) is 42.7 Å². The van der Waals surface area contributed by atoms with Crippen LogP contribution in [0.1, 0.15) is 24.7 Å². The molecule has 1 heterocycles. The zero-order chi connectivity index (χ0) is 12.8. The topological polar surface area (TPSA) is 39.2 Å². The Hall–Kier alpha value is -1.19. The fourth-order valence-electron chi connectivity index (χ4n) is 1.72. The minimum absolute atomic E-state index is 0.270. The van der Waals surface area contributed by atoms with E-state index in [0.29, 0.717) is 0 Å². The highest BCUT2D eigenvalue weighted by Gasteiger charge is 2.02. The van der Waals surface area contributed by atoms with Crippen LogP contribution >= 0.6 is 11.8 Å². The summed E-state index contributed by atoms with van der Waals surface area (Å²) in [5, 5.41) is 0. The second-order valence-corrected chi connectivity index (χ2v) is 5.43. The zero-order valence-corrected chi connectivity index (χ0v) is 11.5. The Morgan fingerprint density at radius 3 is 2.61 bits per heavy atom. The van der Waals surface area contributed by atoms with Crippen LogP contribution in [0, 0.1) is 0 Å². The molecule has 2 aromatic rings. The Balaban J connectivity index is 1.87. The van der Waals surface area contributed by atoms with E-state index < -0.39 is 0 Å². The van der Waals surface area contributed by atoms with Crippen LogP contribution in [0.25, 0.3) is 0 Å². The molecule has 0 bridgehead atoms. The molecule has 0 fully saturated rings. The Morgan fingerprint density at radius 2 is 2.00 bits per heavy atom. The smallest absolute Gasteiger partial charge is 0.113 e. The van der Waals surface area contributed by atoms with Gasteiger partial charge in [0.05, 0.1) is 12.0 Å². The van der Waals surface area contributed by atoms with Crippen molar-refractivity contribution in [1.82, 2.24) is 0 Å². The molecule has 1 atom stereocenters. The normalized spacial score (nSPS) is 12.6. The van der Waals surface area contributed by atoms with Crippen molar-refractivity contribution in [2.75, 3.05) is 0 Å². The number of nitrogens with two attached hydrogens (primary N) is 1. The van der Waals surface area contributed by atoms with Crippen molar-refractivity contribution in [3.63, 3.8) is 0 Å². The van der Waals surface area contributed by atoms with E-state index in [9.17, 15) is 0 Å². The van der Waals surface area contributed by atoms with E-state index in [1.807, 2.05) is 12.1 Å². The summed E-state index contributed by atoms with van der Waals surface area (Å²) in [6, 6.07) is 12.8. The average molecular weight is 261 g/mol. The van der Waals surface area contributed by atoms with Gasteiger partial charge in [-0.15, -0.1) is 11.8 Å². The first-order valence-electron chi connectivity index (χ1n) is 6.27. The lowest BCUT2D eigenvalue weighted by Gasteiger charge is -2.09. The highest BCUT2D eigenvalue weighted by atomic mass is 32.2. The molecule has 0 spiro atoms. The van der Waals surface area contributed by atoms with Crippen LogP contribution in [0.5, 0.6) is 0 Å². The maximum Gasteiger partial charge on any atom is 0.113 e. The van der Waals surface area contributed by atoms with E-state index in [4.69, 9.17) is 10.2 Å². The van der Waals surface area contributed by atoms with Crippen molar-refractivity contribution in [1.29, 1.82) is 0 Å². The van der Waals surface area contributed by atoms with Crippen molar-refractivity contribution in [2.45, 2.75) is 36.5 Å². The third-order valence-electron chi connectivity index (χ3n) is 2.91. The van der Waals surface area contributed by atoms with Gasteiger partial charge in [0.15, 0.2) is 0 Å². The van der Waals surface area contributed by atoms with Gasteiger partial charge in [0.25, 0.3) is 0 Å². The molecule has 3 heteroatoms. The molecule has 96 valence electrons. The maximum atomic E-state index is 5.95. The molecule has 0 saturated heterocycles. The van der Waals surface area contributed by atoms with Crippen LogP contribution in [0.15, 0.2) is 52.0 Å². The first kappa shape index (κ1) is 13.2. The predicted octanol–water partition coefficient (Wildman–Crippen LogP) is 3.85. The van der Waals surface area contributed by atoms with Gasteiger partial charge >= 0.3 is 0 Å². The molecule has 0 aliphatic heterocycles. The van der Waals surface area contributed by atoms with Crippen LogP contribution in [0.3, 0.4) is 0 Å². The van der Waals surface area contributed by atoms with E-state index in [2.05, 4.69) is 31.2 Å². The summed E-state index contributed by atoms with van der Waals surface area (Å²) in [4.78, 5) is 1.26. The molecule has 1 unspecified atom stereocenters. The van der Waals surface area contributed by atoms with Gasteiger partial charge in [-0.25, -0.2) is 0 Å². The summed E-state index contributed by atoms with van der Waals surface area (Å²) >= 11 is 1.79. The summed E-state index contributed by atoms with van der Waals surface area (Å²) in [6.07, 6.45) is 3.69. The van der Waals surface area contributed by atoms with Gasteiger partial charge in [-0.3, -0.25) is 0 Å². The van der Waals surface area contributed by atoms with E-state index in [1.165, 1.54) is 10.5 Å². The number of benzene rings is 1. The molecular weight excluding hydrogens is 242 g/mol. The molecule has 0 saturated carbocycles. The van der Waals surface area contributed by atoms with Crippen LogP contribution in [-0.4, -0.2) is 6.04 Å². The second-order valence-electron chi connectivity index (χ2n) is 4.38. The highest BCUT2D eigenvalue weighted by Crippen LogP contribution is 2.23. The van der Waals surface area contributed by atoms with Gasteiger partial charge in [0.2, 0.25) is 0 Å². The molecule has 1 aromatic heterocycles. The summed E-state index contributed by atoms with van der Waals surface area (Å²) in [6.45, 7) is 2.12. The summed E-state index contributed by atoms with van der Waals surface area (Å²) < 4.78 is 5.31. The average Bonchev–Trinajstić information content (AvgIpc) is 2.91. The van der Waals surface area contributed by atoms with Crippen LogP contribution in [0.2, 0.25) is 0 Å². The third-order valence-corrected chi connectivity index (χ3v) is 3.94. The molecule has 0 radical (unpaired) electrons. The standard InChI is InChI=1S/C15H19NOS/c1-2-13(16)10-12-5-7-15(8-6-12)18-11-14-4-3-9-17-14/h3-9,13H,2,10-11,16H2,1H3. The van der Waals surface area contributed by atoms with Gasteiger partial charge < -0.3 is 10.2 Å². The number of hydrogen-bond donors (Lipinski definition) is 1. The molecule has 18 heavy (non-hydrogen) atoms. The van der Waals surface area contributed by atoms with Crippen molar-refractivity contribution < 1.29 is 4.42 Å². The largest absolute Gasteiger partial charge is 0.468 e. The quantitative estimate of drug-likeness (QED) is 0.803. The summed E-state index contributed by atoms with van der Waals surface area (Å²) in [5.41, 5.74) is 7.26. The minimum Gasteiger partial charge on any atom is -0.468 e. The number of rotatable bonds is 6. The SMILES string of the molecule is CCC(N)Cc1ccc(SCc2ccco2)cc1. The van der Waals surface area contributed by atoms with Crippen LogP contribution in [-0.2, 0) is 12.2 Å². The van der Waals surface area contributed by atoms with Crippen molar-refractivity contribution in [2.24, 2.45) is 5.73 Å². The van der Waals surface area contributed by atoms with Gasteiger partial charge in [-0.2, -0.15) is 0 Å². The Labute approximate surface area is 113 Å². The molecule has 0 aliphatic carbocycles. The molecule has 2 N–H and O–H groups in total. The van der Waals surface area contributed by atoms with Gasteiger partial charge in [-0.1, -0.05) is 19.1 Å². The fourth-order valence-corrected chi connectivity index (χ4v) is 2.52. The third kappa shape index (κ3) is 3.93. The molecule has 2 rings (SSSR count). The summed E-state index contributed by atoms with van der Waals surface area (Å²) in [7, 11) is 0. The predicted molar refractivity (Wildman–Crippen MR) is 76.7 cm³/mol. The van der Waals surface area contributed by atoms with E-state index in [-0.39, 0.29) is 6.04 Å². The maximum absolute atomic E-state index is 5.95. The lowest BCUT2D eigenvalue weighted by Crippen LogP contribution is -2.21. The molecule has 0 aliphatic rings. The van der Waals surface area contributed by atoms with Crippen molar-refractivity contribution in [3.8, 4) is 0 Å². The number of thioether (sulfide) groups is 1. The van der Waals surface area contributed by atoms with E-state index in [1.54, 1.807) is 18.0 Å². The van der Waals surface area contributed by atoms with Gasteiger partial charge in [0, 0.05) is 10.9 Å². The summed E-state index contributed by atoms with van der Waals surface area (Å²) in [5.74, 6) is 1.89. The Morgan fingerprint density at radius 1 is 1.22 bits per heavy atom. The van der Waals surface area contributed by atoms with Crippen molar-refractivity contribution >= 4 is 11.8 Å². The number of furan rings is 1. The lowest BCUT2D eigenvalue weighted by atomic mass is 10.1. The first-order valence-corrected chi connectivity index (χ1v) is 7.26. The van der Waals surface area contributed by atoms with E-state index in [0.717, 1.165) is 24.4 Å². The van der Waals surface area contributed by atoms with Crippen molar-refractivity contribution in [3.05, 3.63) is 54.0 Å². The number of hydrogen-bond acceptors (Lipinski definition) is 3. The van der Waals surface area contributed by atoms with Crippen LogP contribution < -0.4 is 5.73 Å². The molecule has 0 amide bonds. The molecule has 2 nitrogen and oxygen atoms in total. The Bertz CT molecular complexity index is 450. The molecular formula is C15H19NOS. The monoisotopic (exact) mass is 261 g/mol. The first-order chi connectivity index (χ1) is 8.78. The minimum atomic E-state index is 0.270. The lowest BCUT2D eigenvalue weighted by molar-refractivity contribution is 0.530. The molecule has 1 aromatic carbocycles. The Kier molecular flexibility index (Phi) is 4.90. The van der Waals surface area contributed by atoms with Crippen LogP contribution in [0.4, 0.5) is 0 Å².